The Morgan fingerprint density at radius 3 is 1.55 bits per heavy atom. The van der Waals surface area contributed by atoms with E-state index in [0.717, 1.165) is 16.7 Å². The first-order valence-electron chi connectivity index (χ1n) is 10.5. The Morgan fingerprint density at radius 2 is 1.19 bits per heavy atom. The first-order chi connectivity index (χ1) is 15.1. The number of carbonyl (C=O) groups is 2. The Labute approximate surface area is 182 Å². The minimum absolute atomic E-state index is 0.326. The maximum absolute atomic E-state index is 14.0. The number of benzene rings is 3. The van der Waals surface area contributed by atoms with Crippen LogP contribution in [-0.2, 0) is 15.0 Å². The van der Waals surface area contributed by atoms with Crippen LogP contribution in [0.25, 0.3) is 0 Å². The van der Waals surface area contributed by atoms with E-state index in [0.29, 0.717) is 25.8 Å². The molecule has 4 N–H and O–H groups in total. The average Bonchev–Trinajstić information content (AvgIpc) is 2.81. The van der Waals surface area contributed by atoms with Crippen LogP contribution in [-0.4, -0.2) is 29.6 Å². The third-order valence-electron chi connectivity index (χ3n) is 5.51. The topological polar surface area (TPSA) is 92.4 Å². The summed E-state index contributed by atoms with van der Waals surface area (Å²) < 4.78 is 0. The third-order valence-corrected chi connectivity index (χ3v) is 5.51. The summed E-state index contributed by atoms with van der Waals surface area (Å²) >= 11 is 0. The molecule has 5 heteroatoms. The molecule has 0 spiro atoms. The Hall–Kier alpha value is -3.44. The molecule has 0 aliphatic carbocycles. The van der Waals surface area contributed by atoms with Crippen LogP contribution in [0.3, 0.4) is 0 Å². The minimum atomic E-state index is -1.19. The molecule has 3 aromatic rings. The van der Waals surface area contributed by atoms with Crippen molar-refractivity contribution in [1.29, 1.82) is 0 Å². The highest BCUT2D eigenvalue weighted by Gasteiger charge is 2.44. The van der Waals surface area contributed by atoms with Crippen molar-refractivity contribution < 1.29 is 14.7 Å². The number of carboxylic acids is 1. The van der Waals surface area contributed by atoms with Crippen LogP contribution in [0.4, 0.5) is 0 Å². The molecule has 0 fully saturated rings. The summed E-state index contributed by atoms with van der Waals surface area (Å²) in [5.74, 6) is -1.41. The highest BCUT2D eigenvalue weighted by atomic mass is 16.4. The molecule has 0 heterocycles. The quantitative estimate of drug-likeness (QED) is 0.347. The van der Waals surface area contributed by atoms with E-state index in [-0.39, 0.29) is 5.91 Å². The van der Waals surface area contributed by atoms with E-state index in [1.165, 1.54) is 0 Å². The SMILES string of the molecule is NCCCC[C@H](NC(=O)C(c1ccccc1)(c1ccccc1)c1ccccc1)C(=O)O. The fourth-order valence-electron chi connectivity index (χ4n) is 3.97. The average molecular weight is 417 g/mol. The van der Waals surface area contributed by atoms with Gasteiger partial charge in [0.25, 0.3) is 0 Å². The van der Waals surface area contributed by atoms with Gasteiger partial charge in [0.2, 0.25) is 5.91 Å². The van der Waals surface area contributed by atoms with Gasteiger partial charge in [0.05, 0.1) is 0 Å². The monoisotopic (exact) mass is 416 g/mol. The van der Waals surface area contributed by atoms with Crippen LogP contribution < -0.4 is 11.1 Å². The van der Waals surface area contributed by atoms with Crippen LogP contribution >= 0.6 is 0 Å². The Bertz CT molecular complexity index is 879. The molecule has 0 saturated carbocycles. The zero-order chi connectivity index (χ0) is 22.1. The number of nitrogens with two attached hydrogens (primary N) is 1. The highest BCUT2D eigenvalue weighted by Crippen LogP contribution is 2.39. The number of hydrogen-bond donors (Lipinski definition) is 3. The summed E-state index contributed by atoms with van der Waals surface area (Å²) in [7, 11) is 0. The lowest BCUT2D eigenvalue weighted by Crippen LogP contribution is -2.52. The van der Waals surface area contributed by atoms with Crippen molar-refractivity contribution >= 4 is 11.9 Å². The first kappa shape index (κ1) is 22.2. The van der Waals surface area contributed by atoms with Gasteiger partial charge >= 0.3 is 5.97 Å². The molecule has 3 aromatic carbocycles. The van der Waals surface area contributed by atoms with Gasteiger partial charge in [-0.1, -0.05) is 91.0 Å². The third kappa shape index (κ3) is 4.84. The second kappa shape index (κ2) is 10.5. The van der Waals surface area contributed by atoms with Crippen LogP contribution in [0.15, 0.2) is 91.0 Å². The van der Waals surface area contributed by atoms with Gasteiger partial charge in [-0.05, 0) is 42.5 Å². The predicted molar refractivity (Wildman–Crippen MR) is 122 cm³/mol. The molecule has 0 radical (unpaired) electrons. The van der Waals surface area contributed by atoms with Gasteiger partial charge in [0, 0.05) is 0 Å². The standard InChI is InChI=1S/C26H28N2O3/c27-19-11-10-18-23(24(29)30)28-25(31)26(20-12-4-1-5-13-20,21-14-6-2-7-15-21)22-16-8-3-9-17-22/h1-9,12-17,23H,10-11,18-19,27H2,(H,28,31)(H,29,30)/t23-/m0/s1. The number of nitrogens with one attached hydrogen (secondary N) is 1. The van der Waals surface area contributed by atoms with E-state index in [2.05, 4.69) is 5.32 Å². The first-order valence-corrected chi connectivity index (χ1v) is 10.5. The molecule has 0 aromatic heterocycles. The predicted octanol–water partition coefficient (Wildman–Crippen LogP) is 3.72. The Balaban J connectivity index is 2.15. The molecule has 3 rings (SSSR count). The number of aliphatic carboxylic acids is 1. The van der Waals surface area contributed by atoms with Gasteiger partial charge in [-0.3, -0.25) is 4.79 Å². The summed E-state index contributed by atoms with van der Waals surface area (Å²) in [6.07, 6.45) is 1.66. The molecule has 0 unspecified atom stereocenters. The largest absolute Gasteiger partial charge is 0.480 e. The Kier molecular flexibility index (Phi) is 7.57. The summed E-state index contributed by atoms with van der Waals surface area (Å²) in [6.45, 7) is 0.488. The van der Waals surface area contributed by atoms with E-state index in [4.69, 9.17) is 5.73 Å². The van der Waals surface area contributed by atoms with Gasteiger partial charge in [-0.25, -0.2) is 4.79 Å². The van der Waals surface area contributed by atoms with Gasteiger partial charge in [0.15, 0.2) is 0 Å². The van der Waals surface area contributed by atoms with Crippen LogP contribution in [0.5, 0.6) is 0 Å². The van der Waals surface area contributed by atoms with E-state index < -0.39 is 17.4 Å². The Morgan fingerprint density at radius 1 is 0.774 bits per heavy atom. The van der Waals surface area contributed by atoms with E-state index in [1.807, 2.05) is 91.0 Å². The van der Waals surface area contributed by atoms with Crippen molar-refractivity contribution in [3.8, 4) is 0 Å². The zero-order valence-corrected chi connectivity index (χ0v) is 17.4. The second-order valence-electron chi connectivity index (χ2n) is 7.50. The van der Waals surface area contributed by atoms with Crippen molar-refractivity contribution in [2.24, 2.45) is 5.73 Å². The van der Waals surface area contributed by atoms with Crippen molar-refractivity contribution in [2.45, 2.75) is 30.7 Å². The molecule has 0 bridgehead atoms. The van der Waals surface area contributed by atoms with Gasteiger partial charge in [0.1, 0.15) is 11.5 Å². The van der Waals surface area contributed by atoms with Gasteiger partial charge in [-0.2, -0.15) is 0 Å². The lowest BCUT2D eigenvalue weighted by atomic mass is 9.68. The molecule has 160 valence electrons. The molecule has 0 saturated heterocycles. The van der Waals surface area contributed by atoms with Crippen LogP contribution in [0.2, 0.25) is 0 Å². The van der Waals surface area contributed by atoms with Crippen molar-refractivity contribution in [1.82, 2.24) is 5.32 Å². The summed E-state index contributed by atoms with van der Waals surface area (Å²) in [4.78, 5) is 25.9. The normalized spacial score (nSPS) is 12.2. The van der Waals surface area contributed by atoms with Gasteiger partial charge < -0.3 is 16.2 Å². The maximum Gasteiger partial charge on any atom is 0.326 e. The number of amides is 1. The smallest absolute Gasteiger partial charge is 0.326 e. The molecule has 0 aliphatic heterocycles. The van der Waals surface area contributed by atoms with Crippen LogP contribution in [0.1, 0.15) is 36.0 Å². The summed E-state index contributed by atoms with van der Waals surface area (Å²) in [5, 5.41) is 12.6. The second-order valence-corrected chi connectivity index (χ2v) is 7.50. The lowest BCUT2D eigenvalue weighted by Gasteiger charge is -2.35. The number of hydrogen-bond acceptors (Lipinski definition) is 3. The molecular weight excluding hydrogens is 388 g/mol. The number of rotatable bonds is 10. The zero-order valence-electron chi connectivity index (χ0n) is 17.4. The van der Waals surface area contributed by atoms with E-state index >= 15 is 0 Å². The van der Waals surface area contributed by atoms with Crippen molar-refractivity contribution in [3.05, 3.63) is 108 Å². The fraction of sp³-hybridized carbons (Fsp3) is 0.231. The molecule has 0 aliphatic rings. The molecule has 31 heavy (non-hydrogen) atoms. The molecular formula is C26H28N2O3. The van der Waals surface area contributed by atoms with Crippen molar-refractivity contribution in [3.63, 3.8) is 0 Å². The molecule has 1 amide bonds. The number of carbonyl (C=O) groups excluding carboxylic acids is 1. The molecule has 1 atom stereocenters. The molecule has 5 nitrogen and oxygen atoms in total. The summed E-state index contributed by atoms with van der Waals surface area (Å²) in [5.41, 5.74) is 6.69. The van der Waals surface area contributed by atoms with Crippen molar-refractivity contribution in [2.75, 3.05) is 6.54 Å². The summed E-state index contributed by atoms with van der Waals surface area (Å²) in [6, 6.07) is 27.5. The number of carboxylic acid groups (broad SMARTS) is 1. The van der Waals surface area contributed by atoms with E-state index in [9.17, 15) is 14.7 Å². The highest BCUT2D eigenvalue weighted by molar-refractivity contribution is 5.98. The van der Waals surface area contributed by atoms with Crippen LogP contribution in [0, 0.1) is 0 Å². The number of unbranched alkanes of at least 4 members (excludes halogenated alkanes) is 1. The minimum Gasteiger partial charge on any atom is -0.480 e. The fourth-order valence-corrected chi connectivity index (χ4v) is 3.97. The lowest BCUT2D eigenvalue weighted by molar-refractivity contribution is -0.142. The van der Waals surface area contributed by atoms with Gasteiger partial charge in [-0.15, -0.1) is 0 Å². The van der Waals surface area contributed by atoms with E-state index in [1.54, 1.807) is 0 Å². The maximum atomic E-state index is 14.0.